The zero-order chi connectivity index (χ0) is 12.6. The Morgan fingerprint density at radius 1 is 1.59 bits per heavy atom. The Morgan fingerprint density at radius 3 is 2.88 bits per heavy atom. The monoisotopic (exact) mass is 258 g/mol. The van der Waals surface area contributed by atoms with Gasteiger partial charge in [-0.3, -0.25) is 4.79 Å². The van der Waals surface area contributed by atoms with Crippen LogP contribution in [0.15, 0.2) is 5.11 Å². The average molecular weight is 258 g/mol. The molecule has 96 valence electrons. The second kappa shape index (κ2) is 7.42. The Balaban J connectivity index is 2.57. The highest BCUT2D eigenvalue weighted by Gasteiger charge is 2.40. The standard InChI is InChI=1S/C10H18N4O2S/c1-2-16-9(15)10(3-7-17-8-4-10)12-5-6-13-14-11/h12H,2-8H2,1H3. The minimum atomic E-state index is -0.577. The summed E-state index contributed by atoms with van der Waals surface area (Å²) in [5, 5.41) is 6.66. The van der Waals surface area contributed by atoms with Crippen LogP contribution in [0.4, 0.5) is 0 Å². The second-order valence-electron chi connectivity index (χ2n) is 3.80. The summed E-state index contributed by atoms with van der Waals surface area (Å²) in [5.74, 6) is 1.72. The number of carbonyl (C=O) groups excluding carboxylic acids is 1. The van der Waals surface area contributed by atoms with Crippen molar-refractivity contribution >= 4 is 17.7 Å². The first-order chi connectivity index (χ1) is 8.25. The van der Waals surface area contributed by atoms with Crippen LogP contribution in [-0.4, -0.2) is 42.7 Å². The summed E-state index contributed by atoms with van der Waals surface area (Å²) in [7, 11) is 0. The number of carbonyl (C=O) groups is 1. The molecule has 1 aliphatic rings. The SMILES string of the molecule is CCOC(=O)C1(NCCN=[N+]=[N-])CCSCC1. The molecule has 0 aromatic rings. The molecule has 0 saturated carbocycles. The van der Waals surface area contributed by atoms with Gasteiger partial charge in [-0.05, 0) is 36.8 Å². The van der Waals surface area contributed by atoms with Gasteiger partial charge in [-0.1, -0.05) is 5.11 Å². The second-order valence-corrected chi connectivity index (χ2v) is 5.02. The van der Waals surface area contributed by atoms with E-state index in [0.29, 0.717) is 19.7 Å². The first-order valence-electron chi connectivity index (χ1n) is 5.76. The maximum Gasteiger partial charge on any atom is 0.326 e. The van der Waals surface area contributed by atoms with Gasteiger partial charge < -0.3 is 10.1 Å². The van der Waals surface area contributed by atoms with E-state index in [0.717, 1.165) is 24.3 Å². The molecular weight excluding hydrogens is 240 g/mol. The number of esters is 1. The summed E-state index contributed by atoms with van der Waals surface area (Å²) in [6, 6.07) is 0. The van der Waals surface area contributed by atoms with E-state index in [1.54, 1.807) is 0 Å². The fraction of sp³-hybridized carbons (Fsp3) is 0.900. The van der Waals surface area contributed by atoms with Crippen LogP contribution in [0.5, 0.6) is 0 Å². The third-order valence-electron chi connectivity index (χ3n) is 2.75. The van der Waals surface area contributed by atoms with Crippen molar-refractivity contribution in [3.8, 4) is 0 Å². The third-order valence-corrected chi connectivity index (χ3v) is 3.74. The summed E-state index contributed by atoms with van der Waals surface area (Å²) in [5.41, 5.74) is 7.62. The number of thioether (sulfide) groups is 1. The van der Waals surface area contributed by atoms with Crippen molar-refractivity contribution < 1.29 is 9.53 Å². The van der Waals surface area contributed by atoms with Crippen molar-refractivity contribution in [3.05, 3.63) is 10.4 Å². The lowest BCUT2D eigenvalue weighted by molar-refractivity contribution is -0.151. The molecule has 0 atom stereocenters. The predicted molar refractivity (Wildman–Crippen MR) is 67.9 cm³/mol. The number of ether oxygens (including phenoxy) is 1. The average Bonchev–Trinajstić information content (AvgIpc) is 2.36. The van der Waals surface area contributed by atoms with Crippen molar-refractivity contribution in [1.82, 2.24) is 5.32 Å². The van der Waals surface area contributed by atoms with E-state index in [-0.39, 0.29) is 5.97 Å². The van der Waals surface area contributed by atoms with Gasteiger partial charge in [0.25, 0.3) is 0 Å². The third kappa shape index (κ3) is 4.11. The lowest BCUT2D eigenvalue weighted by atomic mass is 9.92. The molecule has 0 spiro atoms. The van der Waals surface area contributed by atoms with Crippen LogP contribution in [-0.2, 0) is 9.53 Å². The lowest BCUT2D eigenvalue weighted by Crippen LogP contribution is -2.55. The van der Waals surface area contributed by atoms with E-state index in [4.69, 9.17) is 10.3 Å². The van der Waals surface area contributed by atoms with E-state index in [9.17, 15) is 4.79 Å². The number of nitrogens with one attached hydrogen (secondary N) is 1. The summed E-state index contributed by atoms with van der Waals surface area (Å²) < 4.78 is 5.13. The summed E-state index contributed by atoms with van der Waals surface area (Å²) >= 11 is 1.85. The normalized spacial score (nSPS) is 18.2. The van der Waals surface area contributed by atoms with Crippen molar-refractivity contribution in [2.75, 3.05) is 31.2 Å². The van der Waals surface area contributed by atoms with E-state index in [2.05, 4.69) is 15.3 Å². The fourth-order valence-electron chi connectivity index (χ4n) is 1.83. The first-order valence-corrected chi connectivity index (χ1v) is 6.91. The van der Waals surface area contributed by atoms with Gasteiger partial charge in [0, 0.05) is 18.0 Å². The van der Waals surface area contributed by atoms with Crippen LogP contribution < -0.4 is 5.32 Å². The molecule has 6 nitrogen and oxygen atoms in total. The molecule has 1 heterocycles. The molecule has 0 aromatic heterocycles. The Bertz CT molecular complexity index is 299. The molecule has 0 aliphatic carbocycles. The van der Waals surface area contributed by atoms with Gasteiger partial charge in [0.15, 0.2) is 0 Å². The van der Waals surface area contributed by atoms with Gasteiger partial charge in [0.2, 0.25) is 0 Å². The Hall–Kier alpha value is -0.910. The van der Waals surface area contributed by atoms with Gasteiger partial charge in [0.05, 0.1) is 6.61 Å². The first kappa shape index (κ1) is 14.2. The maximum absolute atomic E-state index is 12.0. The quantitative estimate of drug-likeness (QED) is 0.258. The summed E-state index contributed by atoms with van der Waals surface area (Å²) in [6.07, 6.45) is 1.54. The topological polar surface area (TPSA) is 87.1 Å². The van der Waals surface area contributed by atoms with Crippen LogP contribution in [0, 0.1) is 0 Å². The van der Waals surface area contributed by atoms with Gasteiger partial charge in [-0.25, -0.2) is 0 Å². The smallest absolute Gasteiger partial charge is 0.326 e. The number of azide groups is 1. The minimum absolute atomic E-state index is 0.179. The molecule has 1 N–H and O–H groups in total. The maximum atomic E-state index is 12.0. The zero-order valence-electron chi connectivity index (χ0n) is 10.0. The van der Waals surface area contributed by atoms with E-state index < -0.39 is 5.54 Å². The molecule has 0 amide bonds. The van der Waals surface area contributed by atoms with Crippen LogP contribution >= 0.6 is 11.8 Å². The van der Waals surface area contributed by atoms with Gasteiger partial charge in [-0.2, -0.15) is 11.8 Å². The number of rotatable bonds is 6. The largest absolute Gasteiger partial charge is 0.465 e. The van der Waals surface area contributed by atoms with Gasteiger partial charge >= 0.3 is 5.97 Å². The van der Waals surface area contributed by atoms with Crippen molar-refractivity contribution in [3.63, 3.8) is 0 Å². The minimum Gasteiger partial charge on any atom is -0.465 e. The van der Waals surface area contributed by atoms with Crippen molar-refractivity contribution in [1.29, 1.82) is 0 Å². The Labute approximate surface area is 105 Å². The predicted octanol–water partition coefficient (Wildman–Crippen LogP) is 1.72. The highest BCUT2D eigenvalue weighted by Crippen LogP contribution is 2.28. The highest BCUT2D eigenvalue weighted by atomic mass is 32.2. The van der Waals surface area contributed by atoms with Crippen LogP contribution in [0.3, 0.4) is 0 Å². The molecule has 1 rings (SSSR count). The molecule has 1 aliphatic heterocycles. The molecular formula is C10H18N4O2S. The van der Waals surface area contributed by atoms with E-state index in [1.807, 2.05) is 18.7 Å². The zero-order valence-corrected chi connectivity index (χ0v) is 10.8. The molecule has 0 unspecified atom stereocenters. The van der Waals surface area contributed by atoms with E-state index >= 15 is 0 Å². The molecule has 1 fully saturated rings. The number of hydrogen-bond acceptors (Lipinski definition) is 5. The molecule has 7 heteroatoms. The van der Waals surface area contributed by atoms with Crippen molar-refractivity contribution in [2.45, 2.75) is 25.3 Å². The van der Waals surface area contributed by atoms with Crippen LogP contribution in [0.2, 0.25) is 0 Å². The van der Waals surface area contributed by atoms with Crippen molar-refractivity contribution in [2.24, 2.45) is 5.11 Å². The fourth-order valence-corrected chi connectivity index (χ4v) is 3.02. The molecule has 17 heavy (non-hydrogen) atoms. The summed E-state index contributed by atoms with van der Waals surface area (Å²) in [6.45, 7) is 3.06. The van der Waals surface area contributed by atoms with Gasteiger partial charge in [-0.15, -0.1) is 0 Å². The van der Waals surface area contributed by atoms with E-state index in [1.165, 1.54) is 0 Å². The lowest BCUT2D eigenvalue weighted by Gasteiger charge is -2.35. The Morgan fingerprint density at radius 2 is 2.29 bits per heavy atom. The number of nitrogens with zero attached hydrogens (tertiary/aromatic N) is 3. The number of hydrogen-bond donors (Lipinski definition) is 1. The molecule has 0 radical (unpaired) electrons. The Kier molecular flexibility index (Phi) is 6.18. The molecule has 0 aromatic carbocycles. The van der Waals surface area contributed by atoms with Crippen LogP contribution in [0.1, 0.15) is 19.8 Å². The molecule has 1 saturated heterocycles. The highest BCUT2D eigenvalue weighted by molar-refractivity contribution is 7.99. The molecule has 0 bridgehead atoms. The van der Waals surface area contributed by atoms with Crippen LogP contribution in [0.25, 0.3) is 10.4 Å². The van der Waals surface area contributed by atoms with Gasteiger partial charge in [0.1, 0.15) is 5.54 Å². The summed E-state index contributed by atoms with van der Waals surface area (Å²) in [4.78, 5) is 14.7.